The fourth-order valence-electron chi connectivity index (χ4n) is 3.30. The van der Waals surface area contributed by atoms with Crippen molar-refractivity contribution in [2.24, 2.45) is 4.99 Å². The highest BCUT2D eigenvalue weighted by atomic mass is 35.5. The van der Waals surface area contributed by atoms with Gasteiger partial charge in [-0.3, -0.25) is 19.3 Å². The Balaban J connectivity index is 1.50. The van der Waals surface area contributed by atoms with Crippen molar-refractivity contribution >= 4 is 68.3 Å². The third-order valence-corrected chi connectivity index (χ3v) is 6.93. The largest absolute Gasteiger partial charge is 0.325 e. The van der Waals surface area contributed by atoms with Gasteiger partial charge in [-0.1, -0.05) is 53.7 Å². The summed E-state index contributed by atoms with van der Waals surface area (Å²) in [6, 6.07) is 13.5. The Kier molecular flexibility index (Phi) is 7.22. The summed E-state index contributed by atoms with van der Waals surface area (Å²) in [7, 11) is 0. The van der Waals surface area contributed by atoms with Gasteiger partial charge in [-0.25, -0.2) is 4.98 Å². The van der Waals surface area contributed by atoms with Crippen LogP contribution in [0.4, 0.5) is 10.8 Å². The highest BCUT2D eigenvalue weighted by Gasteiger charge is 2.38. The van der Waals surface area contributed by atoms with Crippen molar-refractivity contribution in [1.29, 1.82) is 0 Å². The molecule has 0 aliphatic carbocycles. The van der Waals surface area contributed by atoms with Crippen LogP contribution in [0, 0.1) is 0 Å². The first-order valence-electron chi connectivity index (χ1n) is 10.1. The average Bonchev–Trinajstić information content (AvgIpc) is 3.43. The summed E-state index contributed by atoms with van der Waals surface area (Å²) in [5.41, 5.74) is 1.12. The van der Waals surface area contributed by atoms with E-state index in [1.807, 2.05) is 18.4 Å². The molecular formula is C23H19ClN4O3S2. The van der Waals surface area contributed by atoms with Gasteiger partial charge in [0.25, 0.3) is 0 Å². The monoisotopic (exact) mass is 498 g/mol. The molecule has 1 fully saturated rings. The molecule has 2 aromatic carbocycles. The number of nitrogens with zero attached hydrogens (tertiary/aromatic N) is 3. The van der Waals surface area contributed by atoms with Crippen LogP contribution in [0.5, 0.6) is 0 Å². The SMILES string of the molecule is CCN1C(=O)C(CC(=O)Nc2ccc(Cl)cc2C(=O)c2ccccc2)SC1=Nc1nccs1. The normalized spacial score (nSPS) is 16.9. The van der Waals surface area contributed by atoms with Crippen molar-refractivity contribution in [3.63, 3.8) is 0 Å². The van der Waals surface area contributed by atoms with Crippen molar-refractivity contribution in [3.8, 4) is 0 Å². The second kappa shape index (κ2) is 10.3. The number of aromatic nitrogens is 1. The number of rotatable bonds is 7. The molecule has 0 bridgehead atoms. The summed E-state index contributed by atoms with van der Waals surface area (Å²) < 4.78 is 0. The molecule has 2 amide bonds. The number of ketones is 1. The number of anilines is 1. The summed E-state index contributed by atoms with van der Waals surface area (Å²) in [4.78, 5) is 48.8. The van der Waals surface area contributed by atoms with Crippen LogP contribution in [0.1, 0.15) is 29.3 Å². The number of aliphatic imine (C=N–C) groups is 1. The van der Waals surface area contributed by atoms with Crippen LogP contribution in [0.2, 0.25) is 5.02 Å². The van der Waals surface area contributed by atoms with Crippen LogP contribution in [-0.2, 0) is 9.59 Å². The first-order valence-corrected chi connectivity index (χ1v) is 12.3. The molecule has 2 heterocycles. The van der Waals surface area contributed by atoms with E-state index in [1.165, 1.54) is 29.2 Å². The quantitative estimate of drug-likeness (QED) is 0.462. The summed E-state index contributed by atoms with van der Waals surface area (Å²) >= 11 is 8.73. The van der Waals surface area contributed by atoms with E-state index in [0.717, 1.165) is 0 Å². The van der Waals surface area contributed by atoms with Crippen molar-refractivity contribution in [2.75, 3.05) is 11.9 Å². The maximum absolute atomic E-state index is 13.0. The lowest BCUT2D eigenvalue weighted by Gasteiger charge is -2.14. The molecule has 1 aromatic heterocycles. The lowest BCUT2D eigenvalue weighted by Crippen LogP contribution is -2.33. The van der Waals surface area contributed by atoms with E-state index in [0.29, 0.717) is 33.1 Å². The number of amidine groups is 1. The van der Waals surface area contributed by atoms with E-state index in [9.17, 15) is 14.4 Å². The standard InChI is InChI=1S/C23H19ClN4O3S2/c1-2-28-21(31)18(33-23(28)27-22-25-10-11-32-22)13-19(29)26-17-9-8-15(24)12-16(17)20(30)14-6-4-3-5-7-14/h3-12,18H,2,13H2,1H3,(H,26,29). The van der Waals surface area contributed by atoms with Crippen LogP contribution in [0.15, 0.2) is 65.1 Å². The molecule has 0 radical (unpaired) electrons. The second-order valence-corrected chi connectivity index (χ2v) is 9.51. The van der Waals surface area contributed by atoms with E-state index in [1.54, 1.807) is 47.5 Å². The average molecular weight is 499 g/mol. The summed E-state index contributed by atoms with van der Waals surface area (Å²) in [6.07, 6.45) is 1.59. The lowest BCUT2D eigenvalue weighted by atomic mass is 10.0. The van der Waals surface area contributed by atoms with Crippen molar-refractivity contribution in [3.05, 3.63) is 76.3 Å². The Labute approximate surface area is 203 Å². The number of thiazole rings is 1. The molecule has 1 saturated heterocycles. The molecule has 1 aliphatic heterocycles. The van der Waals surface area contributed by atoms with Gasteiger partial charge in [0.15, 0.2) is 11.0 Å². The second-order valence-electron chi connectivity index (χ2n) is 7.04. The molecule has 0 saturated carbocycles. The Hall–Kier alpha value is -3.01. The fraction of sp³-hybridized carbons (Fsp3) is 0.174. The number of hydrogen-bond donors (Lipinski definition) is 1. The third-order valence-electron chi connectivity index (χ3n) is 4.85. The van der Waals surface area contributed by atoms with Gasteiger partial charge in [-0.05, 0) is 25.1 Å². The zero-order chi connectivity index (χ0) is 23.4. The summed E-state index contributed by atoms with van der Waals surface area (Å²) in [6.45, 7) is 2.30. The number of halogens is 1. The van der Waals surface area contributed by atoms with E-state index in [-0.39, 0.29) is 29.6 Å². The third kappa shape index (κ3) is 5.32. The predicted octanol–water partition coefficient (Wildman–Crippen LogP) is 5.01. The molecule has 1 atom stereocenters. The number of thioether (sulfide) groups is 1. The van der Waals surface area contributed by atoms with Gasteiger partial charge < -0.3 is 5.32 Å². The van der Waals surface area contributed by atoms with E-state index in [4.69, 9.17) is 11.6 Å². The number of carbonyl (C=O) groups excluding carboxylic acids is 3. The van der Waals surface area contributed by atoms with Gasteiger partial charge in [-0.15, -0.1) is 11.3 Å². The fourth-order valence-corrected chi connectivity index (χ4v) is 5.23. The zero-order valence-electron chi connectivity index (χ0n) is 17.5. The number of hydrogen-bond acceptors (Lipinski definition) is 7. The zero-order valence-corrected chi connectivity index (χ0v) is 19.9. The molecule has 33 heavy (non-hydrogen) atoms. The van der Waals surface area contributed by atoms with Gasteiger partial charge in [-0.2, -0.15) is 4.99 Å². The molecule has 7 nitrogen and oxygen atoms in total. The molecule has 1 N–H and O–H groups in total. The Morgan fingerprint density at radius 2 is 2.00 bits per heavy atom. The predicted molar refractivity (Wildman–Crippen MR) is 133 cm³/mol. The topological polar surface area (TPSA) is 91.7 Å². The molecule has 4 rings (SSSR count). The number of benzene rings is 2. The van der Waals surface area contributed by atoms with Gasteiger partial charge >= 0.3 is 0 Å². The van der Waals surface area contributed by atoms with Gasteiger partial charge in [0.2, 0.25) is 16.9 Å². The van der Waals surface area contributed by atoms with Crippen LogP contribution in [0.3, 0.4) is 0 Å². The van der Waals surface area contributed by atoms with Gasteiger partial charge in [0.1, 0.15) is 5.25 Å². The molecule has 1 aliphatic rings. The maximum Gasteiger partial charge on any atom is 0.242 e. The molecule has 0 spiro atoms. The Morgan fingerprint density at radius 3 is 2.70 bits per heavy atom. The highest BCUT2D eigenvalue weighted by molar-refractivity contribution is 8.15. The van der Waals surface area contributed by atoms with Gasteiger partial charge in [0.05, 0.1) is 5.69 Å². The highest BCUT2D eigenvalue weighted by Crippen LogP contribution is 2.32. The Morgan fingerprint density at radius 1 is 1.21 bits per heavy atom. The molecular weight excluding hydrogens is 480 g/mol. The Bertz CT molecular complexity index is 1220. The summed E-state index contributed by atoms with van der Waals surface area (Å²) in [5.74, 6) is -0.809. The van der Waals surface area contributed by atoms with Crippen LogP contribution in [-0.4, -0.2) is 44.4 Å². The van der Waals surface area contributed by atoms with E-state index in [2.05, 4.69) is 15.3 Å². The lowest BCUT2D eigenvalue weighted by molar-refractivity contribution is -0.128. The van der Waals surface area contributed by atoms with Crippen molar-refractivity contribution in [2.45, 2.75) is 18.6 Å². The number of nitrogens with one attached hydrogen (secondary N) is 1. The number of carbonyl (C=O) groups is 3. The molecule has 3 aromatic rings. The first-order chi connectivity index (χ1) is 16.0. The number of amides is 2. The smallest absolute Gasteiger partial charge is 0.242 e. The molecule has 10 heteroatoms. The molecule has 168 valence electrons. The maximum atomic E-state index is 13.0. The minimum absolute atomic E-state index is 0.0571. The van der Waals surface area contributed by atoms with Gasteiger partial charge in [0, 0.05) is 40.7 Å². The van der Waals surface area contributed by atoms with Crippen LogP contribution < -0.4 is 5.32 Å². The first kappa shape index (κ1) is 23.2. The van der Waals surface area contributed by atoms with Crippen LogP contribution >= 0.6 is 34.7 Å². The van der Waals surface area contributed by atoms with Crippen molar-refractivity contribution in [1.82, 2.24) is 9.88 Å². The van der Waals surface area contributed by atoms with Crippen LogP contribution in [0.25, 0.3) is 0 Å². The summed E-state index contributed by atoms with van der Waals surface area (Å²) in [5, 5.41) is 5.45. The minimum atomic E-state index is -0.607. The molecule has 1 unspecified atom stereocenters. The van der Waals surface area contributed by atoms with Crippen molar-refractivity contribution < 1.29 is 14.4 Å². The van der Waals surface area contributed by atoms with E-state index >= 15 is 0 Å². The minimum Gasteiger partial charge on any atom is -0.325 e. The van der Waals surface area contributed by atoms with E-state index < -0.39 is 5.25 Å².